The molecule has 0 saturated heterocycles. The van der Waals surface area contributed by atoms with Crippen molar-refractivity contribution in [3.05, 3.63) is 57.8 Å². The highest BCUT2D eigenvalue weighted by Crippen LogP contribution is 2.34. The second kappa shape index (κ2) is 7.40. The van der Waals surface area contributed by atoms with Gasteiger partial charge in [-0.3, -0.25) is 4.57 Å². The maximum absolute atomic E-state index is 5.44. The summed E-state index contributed by atoms with van der Waals surface area (Å²) in [6, 6.07) is 5.89. The summed E-state index contributed by atoms with van der Waals surface area (Å²) in [5.74, 6) is 8.58. The SMILES string of the molecule is COCc1nnc2n1Cc1c(C#Cc3nc(C)cs3)ncn1-c1ccc(OC)cc1-2. The van der Waals surface area contributed by atoms with E-state index in [4.69, 9.17) is 9.47 Å². The fraction of sp³-hybridized carbons (Fsp3) is 0.238. The van der Waals surface area contributed by atoms with Crippen molar-refractivity contribution >= 4 is 11.3 Å². The molecule has 30 heavy (non-hydrogen) atoms. The van der Waals surface area contributed by atoms with Crippen molar-refractivity contribution in [2.45, 2.75) is 20.1 Å². The third-order valence-corrected chi connectivity index (χ3v) is 5.76. The zero-order valence-corrected chi connectivity index (χ0v) is 17.5. The molecular formula is C21H18N6O2S. The number of nitrogens with zero attached hydrogens (tertiary/aromatic N) is 6. The highest BCUT2D eigenvalue weighted by molar-refractivity contribution is 7.10. The van der Waals surface area contributed by atoms with Crippen molar-refractivity contribution < 1.29 is 9.47 Å². The Bertz CT molecular complexity index is 1310. The van der Waals surface area contributed by atoms with Crippen LogP contribution in [-0.2, 0) is 17.9 Å². The summed E-state index contributed by atoms with van der Waals surface area (Å²) >= 11 is 1.53. The molecule has 0 aliphatic carbocycles. The third-order valence-electron chi connectivity index (χ3n) is 4.89. The molecule has 0 saturated carbocycles. The monoisotopic (exact) mass is 418 g/mol. The largest absolute Gasteiger partial charge is 0.497 e. The van der Waals surface area contributed by atoms with Crippen LogP contribution in [0.15, 0.2) is 29.9 Å². The molecule has 0 radical (unpaired) electrons. The summed E-state index contributed by atoms with van der Waals surface area (Å²) in [5, 5.41) is 11.5. The molecule has 8 nitrogen and oxygen atoms in total. The Kier molecular flexibility index (Phi) is 4.58. The first-order chi connectivity index (χ1) is 14.7. The third kappa shape index (κ3) is 3.07. The Morgan fingerprint density at radius 2 is 2.10 bits per heavy atom. The number of rotatable bonds is 3. The first kappa shape index (κ1) is 18.5. The molecular weight excluding hydrogens is 400 g/mol. The Morgan fingerprint density at radius 1 is 1.20 bits per heavy atom. The average molecular weight is 418 g/mol. The number of imidazole rings is 1. The molecule has 4 heterocycles. The van der Waals surface area contributed by atoms with Gasteiger partial charge in [-0.1, -0.05) is 0 Å². The first-order valence-corrected chi connectivity index (χ1v) is 10.2. The zero-order chi connectivity index (χ0) is 20.7. The molecule has 1 aliphatic heterocycles. The Labute approximate surface area is 177 Å². The number of methoxy groups -OCH3 is 2. The summed E-state index contributed by atoms with van der Waals surface area (Å²) < 4.78 is 14.9. The molecule has 5 rings (SSSR count). The van der Waals surface area contributed by atoms with Gasteiger partial charge in [0.1, 0.15) is 24.4 Å². The van der Waals surface area contributed by atoms with Crippen LogP contribution in [0.2, 0.25) is 0 Å². The predicted molar refractivity (Wildman–Crippen MR) is 112 cm³/mol. The maximum Gasteiger partial charge on any atom is 0.167 e. The van der Waals surface area contributed by atoms with Crippen molar-refractivity contribution in [2.75, 3.05) is 14.2 Å². The van der Waals surface area contributed by atoms with Gasteiger partial charge in [-0.15, -0.1) is 21.5 Å². The minimum Gasteiger partial charge on any atom is -0.497 e. The van der Waals surface area contributed by atoms with E-state index in [1.165, 1.54) is 11.3 Å². The number of thiazole rings is 1. The lowest BCUT2D eigenvalue weighted by atomic mass is 10.1. The van der Waals surface area contributed by atoms with Gasteiger partial charge in [0.15, 0.2) is 16.7 Å². The van der Waals surface area contributed by atoms with Crippen LogP contribution in [0.25, 0.3) is 17.1 Å². The molecule has 0 fully saturated rings. The van der Waals surface area contributed by atoms with E-state index in [0.717, 1.165) is 45.0 Å². The van der Waals surface area contributed by atoms with Gasteiger partial charge in [-0.2, -0.15) is 0 Å². The molecule has 0 N–H and O–H groups in total. The molecule has 9 heteroatoms. The summed E-state index contributed by atoms with van der Waals surface area (Å²) in [4.78, 5) is 9.00. The lowest BCUT2D eigenvalue weighted by Gasteiger charge is -2.09. The van der Waals surface area contributed by atoms with Gasteiger partial charge in [0, 0.05) is 23.7 Å². The number of aryl methyl sites for hydroxylation is 1. The quantitative estimate of drug-likeness (QED) is 0.419. The van der Waals surface area contributed by atoms with Gasteiger partial charge in [-0.05, 0) is 37.0 Å². The smallest absolute Gasteiger partial charge is 0.167 e. The minimum atomic E-state index is 0.361. The van der Waals surface area contributed by atoms with Crippen molar-refractivity contribution in [3.63, 3.8) is 0 Å². The lowest BCUT2D eigenvalue weighted by molar-refractivity contribution is 0.174. The summed E-state index contributed by atoms with van der Waals surface area (Å²) in [5.41, 5.74) is 4.49. The Hall–Kier alpha value is -3.48. The van der Waals surface area contributed by atoms with Crippen LogP contribution < -0.4 is 4.74 Å². The van der Waals surface area contributed by atoms with Crippen LogP contribution in [-0.4, -0.2) is 43.5 Å². The number of hydrogen-bond donors (Lipinski definition) is 0. The van der Waals surface area contributed by atoms with E-state index in [-0.39, 0.29) is 0 Å². The highest BCUT2D eigenvalue weighted by Gasteiger charge is 2.26. The fourth-order valence-electron chi connectivity index (χ4n) is 3.48. The second-order valence-electron chi connectivity index (χ2n) is 6.80. The van der Waals surface area contributed by atoms with Gasteiger partial charge in [-0.25, -0.2) is 9.97 Å². The van der Waals surface area contributed by atoms with Crippen molar-refractivity contribution in [3.8, 4) is 34.7 Å². The summed E-state index contributed by atoms with van der Waals surface area (Å²) in [6.45, 7) is 2.85. The summed E-state index contributed by atoms with van der Waals surface area (Å²) in [6.07, 6.45) is 1.80. The molecule has 0 spiro atoms. The van der Waals surface area contributed by atoms with Gasteiger partial charge < -0.3 is 14.0 Å². The van der Waals surface area contributed by atoms with Crippen molar-refractivity contribution in [1.82, 2.24) is 29.3 Å². The predicted octanol–water partition coefficient (Wildman–Crippen LogP) is 2.81. The minimum absolute atomic E-state index is 0.361. The van der Waals surface area contributed by atoms with Crippen LogP contribution in [0.4, 0.5) is 0 Å². The van der Waals surface area contributed by atoms with Crippen LogP contribution in [0.1, 0.15) is 27.9 Å². The van der Waals surface area contributed by atoms with Gasteiger partial charge >= 0.3 is 0 Å². The van der Waals surface area contributed by atoms with E-state index in [1.54, 1.807) is 20.5 Å². The van der Waals surface area contributed by atoms with Crippen LogP contribution in [0.5, 0.6) is 5.75 Å². The topological polar surface area (TPSA) is 79.9 Å². The number of ether oxygens (including phenoxy) is 2. The molecule has 0 amide bonds. The van der Waals surface area contributed by atoms with E-state index < -0.39 is 0 Å². The normalized spacial score (nSPS) is 11.7. The van der Waals surface area contributed by atoms with E-state index >= 15 is 0 Å². The van der Waals surface area contributed by atoms with E-state index in [0.29, 0.717) is 18.8 Å². The van der Waals surface area contributed by atoms with Gasteiger partial charge in [0.05, 0.1) is 25.0 Å². The van der Waals surface area contributed by atoms with E-state index in [1.807, 2.05) is 35.1 Å². The van der Waals surface area contributed by atoms with Crippen LogP contribution in [0.3, 0.4) is 0 Å². The molecule has 1 aromatic carbocycles. The van der Waals surface area contributed by atoms with Gasteiger partial charge in [0.25, 0.3) is 0 Å². The van der Waals surface area contributed by atoms with Gasteiger partial charge in [0.2, 0.25) is 0 Å². The van der Waals surface area contributed by atoms with Crippen LogP contribution >= 0.6 is 11.3 Å². The molecule has 0 unspecified atom stereocenters. The number of hydrogen-bond acceptors (Lipinski definition) is 7. The molecule has 0 bridgehead atoms. The van der Waals surface area contributed by atoms with Crippen molar-refractivity contribution in [2.24, 2.45) is 0 Å². The molecule has 150 valence electrons. The highest BCUT2D eigenvalue weighted by atomic mass is 32.1. The molecule has 1 aliphatic rings. The van der Waals surface area contributed by atoms with E-state index in [9.17, 15) is 0 Å². The average Bonchev–Trinajstić information content (AvgIpc) is 3.44. The number of benzene rings is 1. The number of aromatic nitrogens is 6. The maximum atomic E-state index is 5.44. The fourth-order valence-corrected chi connectivity index (χ4v) is 4.12. The second-order valence-corrected chi connectivity index (χ2v) is 7.65. The zero-order valence-electron chi connectivity index (χ0n) is 16.7. The van der Waals surface area contributed by atoms with Crippen molar-refractivity contribution in [1.29, 1.82) is 0 Å². The summed E-state index contributed by atoms with van der Waals surface area (Å²) in [7, 11) is 3.29. The lowest BCUT2D eigenvalue weighted by Crippen LogP contribution is -2.09. The molecule has 0 atom stereocenters. The molecule has 3 aromatic heterocycles. The van der Waals surface area contributed by atoms with Crippen LogP contribution in [0, 0.1) is 18.8 Å². The number of fused-ring (bicyclic) bond motifs is 5. The first-order valence-electron chi connectivity index (χ1n) is 9.28. The van der Waals surface area contributed by atoms with E-state index in [2.05, 4.69) is 36.6 Å². The standard InChI is InChI=1S/C21H18N6O2S/c1-13-11-30-20(23-13)7-5-16-18-9-26-19(10-28-2)24-25-21(26)15-8-14(29-3)4-6-17(15)27(18)12-22-16/h4,6,8,11-12H,9-10H2,1-3H3. The Morgan fingerprint density at radius 3 is 2.87 bits per heavy atom. The Balaban J connectivity index is 1.69. The molecule has 4 aromatic rings.